The Balaban J connectivity index is 3.16. The predicted molar refractivity (Wildman–Crippen MR) is 67.3 cm³/mol. The van der Waals surface area contributed by atoms with Crippen LogP contribution in [0.2, 0.25) is 0 Å². The van der Waals surface area contributed by atoms with E-state index in [2.05, 4.69) is 9.97 Å². The summed E-state index contributed by atoms with van der Waals surface area (Å²) in [5, 5.41) is 9.53. The van der Waals surface area contributed by atoms with E-state index >= 15 is 0 Å². The summed E-state index contributed by atoms with van der Waals surface area (Å²) < 4.78 is 0. The zero-order chi connectivity index (χ0) is 13.0. The van der Waals surface area contributed by atoms with Gasteiger partial charge in [0.1, 0.15) is 10.9 Å². The Kier molecular flexibility index (Phi) is 4.89. The number of hydrogen-bond donors (Lipinski definition) is 1. The van der Waals surface area contributed by atoms with Crippen molar-refractivity contribution in [2.45, 2.75) is 18.9 Å². The minimum Gasteiger partial charge on any atom is -0.395 e. The fourth-order valence-electron chi connectivity index (χ4n) is 1.52. The highest BCUT2D eigenvalue weighted by atomic mass is 32.2. The minimum atomic E-state index is -0.152. The summed E-state index contributed by atoms with van der Waals surface area (Å²) in [5.41, 5.74) is 1.20. The van der Waals surface area contributed by atoms with Gasteiger partial charge in [-0.3, -0.25) is 4.79 Å². The fourth-order valence-corrected chi connectivity index (χ4v) is 2.18. The van der Waals surface area contributed by atoms with Gasteiger partial charge in [-0.15, -0.1) is 11.8 Å². The highest BCUT2D eigenvalue weighted by Gasteiger charge is 2.20. The maximum absolute atomic E-state index is 12.2. The van der Waals surface area contributed by atoms with Crippen LogP contribution in [0.4, 0.5) is 0 Å². The van der Waals surface area contributed by atoms with Gasteiger partial charge in [-0.25, -0.2) is 9.97 Å². The van der Waals surface area contributed by atoms with Crippen molar-refractivity contribution in [3.63, 3.8) is 0 Å². The van der Waals surface area contributed by atoms with Gasteiger partial charge < -0.3 is 10.0 Å². The topological polar surface area (TPSA) is 66.3 Å². The lowest BCUT2D eigenvalue weighted by atomic mass is 10.2. The summed E-state index contributed by atoms with van der Waals surface area (Å²) >= 11 is 1.43. The summed E-state index contributed by atoms with van der Waals surface area (Å²) in [7, 11) is 1.65. The van der Waals surface area contributed by atoms with Gasteiger partial charge in [0.05, 0.1) is 17.9 Å². The molecule has 0 atom stereocenters. The van der Waals surface area contributed by atoms with Crippen molar-refractivity contribution in [1.82, 2.24) is 14.9 Å². The van der Waals surface area contributed by atoms with Crippen molar-refractivity contribution in [2.24, 2.45) is 0 Å². The third-order valence-electron chi connectivity index (χ3n) is 2.36. The number of rotatable bonds is 4. The number of thioether (sulfide) groups is 1. The van der Waals surface area contributed by atoms with Crippen LogP contribution in [-0.4, -0.2) is 52.3 Å². The van der Waals surface area contributed by atoms with Crippen LogP contribution in [0, 0.1) is 13.8 Å². The lowest BCUT2D eigenvalue weighted by Crippen LogP contribution is -2.31. The first-order chi connectivity index (χ1) is 8.01. The van der Waals surface area contributed by atoms with Crippen LogP contribution in [-0.2, 0) is 0 Å². The smallest absolute Gasteiger partial charge is 0.258 e. The van der Waals surface area contributed by atoms with Crippen molar-refractivity contribution in [3.8, 4) is 0 Å². The second kappa shape index (κ2) is 5.97. The predicted octanol–water partition coefficient (Wildman–Crippen LogP) is 0.880. The molecule has 0 spiro atoms. The normalized spacial score (nSPS) is 10.4. The Hall–Kier alpha value is -1.14. The second-order valence-corrected chi connectivity index (χ2v) is 4.49. The van der Waals surface area contributed by atoms with Crippen LogP contribution in [0.1, 0.15) is 21.9 Å². The molecule has 5 nitrogen and oxygen atoms in total. The first kappa shape index (κ1) is 13.9. The van der Waals surface area contributed by atoms with E-state index in [-0.39, 0.29) is 12.5 Å². The van der Waals surface area contributed by atoms with Gasteiger partial charge >= 0.3 is 0 Å². The first-order valence-corrected chi connectivity index (χ1v) is 6.49. The molecule has 0 aliphatic heterocycles. The van der Waals surface area contributed by atoms with Gasteiger partial charge in [0, 0.05) is 13.6 Å². The van der Waals surface area contributed by atoms with Crippen LogP contribution in [0.3, 0.4) is 0 Å². The molecule has 1 heterocycles. The first-order valence-electron chi connectivity index (χ1n) is 5.26. The number of aromatic nitrogens is 2. The van der Waals surface area contributed by atoms with E-state index in [4.69, 9.17) is 5.11 Å². The third kappa shape index (κ3) is 3.17. The lowest BCUT2D eigenvalue weighted by molar-refractivity contribution is 0.0761. The van der Waals surface area contributed by atoms with E-state index in [0.717, 1.165) is 0 Å². The number of nitrogens with zero attached hydrogens (tertiary/aromatic N) is 3. The van der Waals surface area contributed by atoms with E-state index in [1.165, 1.54) is 16.7 Å². The van der Waals surface area contributed by atoms with Gasteiger partial charge in [0.15, 0.2) is 0 Å². The van der Waals surface area contributed by atoms with Gasteiger partial charge in [-0.2, -0.15) is 0 Å². The number of likely N-dealkylation sites (N-methyl/N-ethyl adjacent to an activating group) is 1. The average Bonchev–Trinajstić information content (AvgIpc) is 2.27. The molecule has 6 heteroatoms. The molecule has 0 fully saturated rings. The number of carbonyl (C=O) groups is 1. The molecular formula is C11H17N3O2S. The molecule has 0 aliphatic carbocycles. The summed E-state index contributed by atoms with van der Waals surface area (Å²) in [6.45, 7) is 3.86. The Bertz CT molecular complexity index is 423. The molecule has 0 unspecified atom stereocenters. The standard InChI is InChI=1S/C11H17N3O2S/c1-7-9(11(16)14(3)5-6-15)10(17-4)13-8(2)12-7/h15H,5-6H2,1-4H3. The molecule has 94 valence electrons. The molecule has 1 aromatic rings. The number of aliphatic hydroxyl groups is 1. The van der Waals surface area contributed by atoms with E-state index in [1.807, 2.05) is 6.26 Å². The Morgan fingerprint density at radius 2 is 2.06 bits per heavy atom. The molecule has 1 aromatic heterocycles. The molecule has 0 saturated carbocycles. The maximum Gasteiger partial charge on any atom is 0.258 e. The number of aryl methyl sites for hydroxylation is 2. The summed E-state index contributed by atoms with van der Waals surface area (Å²) in [6, 6.07) is 0. The zero-order valence-corrected chi connectivity index (χ0v) is 11.3. The SMILES string of the molecule is CSc1nc(C)nc(C)c1C(=O)N(C)CCO. The third-order valence-corrected chi connectivity index (χ3v) is 3.04. The van der Waals surface area contributed by atoms with Crippen molar-refractivity contribution in [2.75, 3.05) is 26.5 Å². The molecule has 1 amide bonds. The molecule has 0 saturated heterocycles. The van der Waals surface area contributed by atoms with Crippen LogP contribution < -0.4 is 0 Å². The Morgan fingerprint density at radius 3 is 2.59 bits per heavy atom. The number of hydrogen-bond acceptors (Lipinski definition) is 5. The minimum absolute atomic E-state index is 0.0530. The summed E-state index contributed by atoms with van der Waals surface area (Å²) in [5.74, 6) is 0.508. The summed E-state index contributed by atoms with van der Waals surface area (Å²) in [4.78, 5) is 22.1. The van der Waals surface area contributed by atoms with E-state index in [9.17, 15) is 4.79 Å². The molecule has 0 aromatic carbocycles. The highest BCUT2D eigenvalue weighted by Crippen LogP contribution is 2.21. The van der Waals surface area contributed by atoms with Crippen LogP contribution in [0.25, 0.3) is 0 Å². The molecule has 1 N–H and O–H groups in total. The molecule has 0 bridgehead atoms. The van der Waals surface area contributed by atoms with E-state index in [1.54, 1.807) is 20.9 Å². The van der Waals surface area contributed by atoms with Crippen molar-refractivity contribution >= 4 is 17.7 Å². The molecule has 0 aliphatic rings. The van der Waals surface area contributed by atoms with Gasteiger partial charge in [-0.05, 0) is 20.1 Å². The average molecular weight is 255 g/mol. The van der Waals surface area contributed by atoms with Crippen LogP contribution >= 0.6 is 11.8 Å². The summed E-state index contributed by atoms with van der Waals surface area (Å²) in [6.07, 6.45) is 1.88. The number of amides is 1. The number of carbonyl (C=O) groups excluding carboxylic acids is 1. The Labute approximate surface area is 105 Å². The van der Waals surface area contributed by atoms with E-state index < -0.39 is 0 Å². The molecular weight excluding hydrogens is 238 g/mol. The number of aliphatic hydroxyl groups excluding tert-OH is 1. The highest BCUT2D eigenvalue weighted by molar-refractivity contribution is 7.98. The van der Waals surface area contributed by atoms with Gasteiger partial charge in [0.2, 0.25) is 0 Å². The fraction of sp³-hybridized carbons (Fsp3) is 0.545. The quantitative estimate of drug-likeness (QED) is 0.639. The van der Waals surface area contributed by atoms with Crippen molar-refractivity contribution < 1.29 is 9.90 Å². The lowest BCUT2D eigenvalue weighted by Gasteiger charge is -2.18. The largest absolute Gasteiger partial charge is 0.395 e. The van der Waals surface area contributed by atoms with Crippen LogP contribution in [0.15, 0.2) is 5.03 Å². The Morgan fingerprint density at radius 1 is 1.41 bits per heavy atom. The van der Waals surface area contributed by atoms with Crippen molar-refractivity contribution in [3.05, 3.63) is 17.1 Å². The monoisotopic (exact) mass is 255 g/mol. The molecule has 1 rings (SSSR count). The maximum atomic E-state index is 12.2. The van der Waals surface area contributed by atoms with E-state index in [0.29, 0.717) is 28.7 Å². The van der Waals surface area contributed by atoms with Crippen LogP contribution in [0.5, 0.6) is 0 Å². The molecule has 0 radical (unpaired) electrons. The van der Waals surface area contributed by atoms with Crippen molar-refractivity contribution in [1.29, 1.82) is 0 Å². The second-order valence-electron chi connectivity index (χ2n) is 3.69. The zero-order valence-electron chi connectivity index (χ0n) is 10.5. The van der Waals surface area contributed by atoms with Gasteiger partial charge in [0.25, 0.3) is 5.91 Å². The molecule has 17 heavy (non-hydrogen) atoms. The van der Waals surface area contributed by atoms with Gasteiger partial charge in [-0.1, -0.05) is 0 Å².